The van der Waals surface area contributed by atoms with Crippen molar-refractivity contribution in [2.24, 2.45) is 0 Å². The van der Waals surface area contributed by atoms with Crippen molar-refractivity contribution in [3.63, 3.8) is 0 Å². The first-order valence-electron chi connectivity index (χ1n) is 17.2. The predicted octanol–water partition coefficient (Wildman–Crippen LogP) is 4.34. The first-order valence-corrected chi connectivity index (χ1v) is 18.8. The quantitative estimate of drug-likeness (QED) is 0.0346. The summed E-state index contributed by atoms with van der Waals surface area (Å²) in [6, 6.07) is 26.3. The Hall–Kier alpha value is -4.42. The van der Waals surface area contributed by atoms with E-state index in [-0.39, 0.29) is 11.8 Å². The van der Waals surface area contributed by atoms with Gasteiger partial charge in [0, 0.05) is 47.4 Å². The number of rotatable bonds is 26. The fourth-order valence-corrected chi connectivity index (χ4v) is 4.90. The number of nitrogens with zero attached hydrogens (tertiary/aromatic N) is 3. The highest BCUT2D eigenvalue weighted by Gasteiger charge is 2.10. The predicted molar refractivity (Wildman–Crippen MR) is 210 cm³/mol. The van der Waals surface area contributed by atoms with Gasteiger partial charge < -0.3 is 45.5 Å². The van der Waals surface area contributed by atoms with E-state index in [4.69, 9.17) is 18.9 Å². The van der Waals surface area contributed by atoms with Crippen molar-refractivity contribution in [2.75, 3.05) is 99.4 Å². The van der Waals surface area contributed by atoms with Gasteiger partial charge >= 0.3 is 0 Å². The van der Waals surface area contributed by atoms with Crippen LogP contribution in [-0.2, 0) is 25.4 Å². The molecule has 0 aliphatic heterocycles. The Morgan fingerprint density at radius 3 is 1.58 bits per heavy atom. The zero-order valence-corrected chi connectivity index (χ0v) is 31.3. The van der Waals surface area contributed by atoms with Crippen LogP contribution in [0.5, 0.6) is 0 Å². The van der Waals surface area contributed by atoms with Crippen molar-refractivity contribution < 1.29 is 28.5 Å². The second-order valence-electron chi connectivity index (χ2n) is 11.1. The van der Waals surface area contributed by atoms with E-state index in [0.29, 0.717) is 114 Å². The van der Waals surface area contributed by atoms with Gasteiger partial charge in [0.05, 0.1) is 52.9 Å². The Morgan fingerprint density at radius 2 is 1.00 bits per heavy atom. The van der Waals surface area contributed by atoms with Crippen LogP contribution in [0.3, 0.4) is 0 Å². The third-order valence-electron chi connectivity index (χ3n) is 7.17. The maximum atomic E-state index is 12.6. The van der Waals surface area contributed by atoms with Crippen LogP contribution in [-0.4, -0.2) is 110 Å². The van der Waals surface area contributed by atoms with Gasteiger partial charge in [0.1, 0.15) is 0 Å². The molecule has 4 aromatic rings. The van der Waals surface area contributed by atoms with Gasteiger partial charge in [-0.3, -0.25) is 9.59 Å². The third kappa shape index (κ3) is 16.3. The second-order valence-corrected chi connectivity index (χ2v) is 12.2. The zero-order chi connectivity index (χ0) is 36.5. The van der Waals surface area contributed by atoms with Crippen molar-refractivity contribution in [1.82, 2.24) is 25.6 Å². The van der Waals surface area contributed by atoms with Crippen LogP contribution in [0, 0.1) is 0 Å². The number of hydrogen-bond acceptors (Lipinski definition) is 12. The molecule has 278 valence electrons. The fraction of sp³-hybridized carbons (Fsp3) is 0.378. The highest BCUT2D eigenvalue weighted by Crippen LogP contribution is 2.17. The van der Waals surface area contributed by atoms with E-state index < -0.39 is 0 Å². The van der Waals surface area contributed by atoms with E-state index in [1.165, 1.54) is 5.56 Å². The number of carbonyl (C=O) groups is 2. The highest BCUT2D eigenvalue weighted by atomic mass is 127. The lowest BCUT2D eigenvalue weighted by atomic mass is 10.1. The standard InChI is InChI=1S/C37H47IN8O6/c38-16-21-49-25-26-50-23-19-40-34(48)31-11-13-32(14-12-31)43-37-45-35(41-17-15-29-7-3-1-4-8-29)44-36(46-37)42-20-24-52-28-27-51-22-18-39-33(47)30-9-5-2-6-10-30/h1-14H,15-28H2,(H,39,47)(H,40,48)(H3,41,42,43,44,45,46). The van der Waals surface area contributed by atoms with Gasteiger partial charge in [0.15, 0.2) is 0 Å². The summed E-state index contributed by atoms with van der Waals surface area (Å²) in [5.41, 5.74) is 3.05. The van der Waals surface area contributed by atoms with Gasteiger partial charge in [-0.15, -0.1) is 0 Å². The van der Waals surface area contributed by atoms with E-state index in [2.05, 4.69) is 76.3 Å². The maximum absolute atomic E-state index is 12.6. The van der Waals surface area contributed by atoms with Gasteiger partial charge in [-0.1, -0.05) is 71.1 Å². The Kier molecular flexibility index (Phi) is 19.2. The van der Waals surface area contributed by atoms with E-state index in [9.17, 15) is 9.59 Å². The number of anilines is 4. The fourth-order valence-electron chi connectivity index (χ4n) is 4.59. The summed E-state index contributed by atoms with van der Waals surface area (Å²) in [6.07, 6.45) is 0.802. The Bertz CT molecular complexity index is 1590. The number of alkyl halides is 1. The molecular weight excluding hydrogens is 779 g/mol. The molecule has 0 unspecified atom stereocenters. The number of benzene rings is 3. The van der Waals surface area contributed by atoms with Crippen molar-refractivity contribution in [3.8, 4) is 0 Å². The lowest BCUT2D eigenvalue weighted by molar-refractivity contribution is 0.0519. The Morgan fingerprint density at radius 1 is 0.519 bits per heavy atom. The molecule has 0 atom stereocenters. The zero-order valence-electron chi connectivity index (χ0n) is 29.2. The summed E-state index contributed by atoms with van der Waals surface area (Å²) in [4.78, 5) is 38.3. The van der Waals surface area contributed by atoms with E-state index in [0.717, 1.165) is 10.8 Å². The molecule has 15 heteroatoms. The third-order valence-corrected chi connectivity index (χ3v) is 7.61. The van der Waals surface area contributed by atoms with Gasteiger partial charge in [-0.2, -0.15) is 15.0 Å². The molecule has 0 saturated carbocycles. The average molecular weight is 827 g/mol. The minimum absolute atomic E-state index is 0.127. The monoisotopic (exact) mass is 826 g/mol. The van der Waals surface area contributed by atoms with Crippen molar-refractivity contribution in [3.05, 3.63) is 102 Å². The molecule has 0 aliphatic rings. The van der Waals surface area contributed by atoms with Crippen LogP contribution < -0.4 is 26.6 Å². The first-order chi connectivity index (χ1) is 25.6. The van der Waals surface area contributed by atoms with Crippen LogP contribution in [0.2, 0.25) is 0 Å². The molecule has 3 aromatic carbocycles. The number of hydrogen-bond donors (Lipinski definition) is 5. The summed E-state index contributed by atoms with van der Waals surface area (Å²) in [6.45, 7) is 5.67. The van der Waals surface area contributed by atoms with E-state index in [1.807, 2.05) is 36.4 Å². The smallest absolute Gasteiger partial charge is 0.251 e. The molecule has 1 aromatic heterocycles. The maximum Gasteiger partial charge on any atom is 0.251 e. The number of amides is 2. The molecule has 0 bridgehead atoms. The molecule has 5 N–H and O–H groups in total. The van der Waals surface area contributed by atoms with Crippen LogP contribution in [0.15, 0.2) is 84.9 Å². The Labute approximate surface area is 318 Å². The number of carbonyl (C=O) groups excluding carboxylic acids is 2. The van der Waals surface area contributed by atoms with Crippen LogP contribution >= 0.6 is 22.6 Å². The minimum Gasteiger partial charge on any atom is -0.378 e. The molecule has 0 fully saturated rings. The normalized spacial score (nSPS) is 10.8. The molecule has 0 radical (unpaired) electrons. The highest BCUT2D eigenvalue weighted by molar-refractivity contribution is 14.1. The summed E-state index contributed by atoms with van der Waals surface area (Å²) in [7, 11) is 0. The van der Waals surface area contributed by atoms with Crippen LogP contribution in [0.1, 0.15) is 26.3 Å². The van der Waals surface area contributed by atoms with Gasteiger partial charge in [-0.05, 0) is 48.4 Å². The van der Waals surface area contributed by atoms with Gasteiger partial charge in [0.25, 0.3) is 11.8 Å². The molecule has 1 heterocycles. The average Bonchev–Trinajstić information content (AvgIpc) is 3.17. The molecule has 2 amide bonds. The summed E-state index contributed by atoms with van der Waals surface area (Å²) in [5, 5.41) is 15.4. The largest absolute Gasteiger partial charge is 0.378 e. The number of halogens is 1. The summed E-state index contributed by atoms with van der Waals surface area (Å²) >= 11 is 2.26. The molecule has 52 heavy (non-hydrogen) atoms. The van der Waals surface area contributed by atoms with Crippen LogP contribution in [0.4, 0.5) is 23.5 Å². The van der Waals surface area contributed by atoms with Gasteiger partial charge in [0.2, 0.25) is 17.8 Å². The summed E-state index contributed by atoms with van der Waals surface area (Å²) < 4.78 is 23.1. The molecule has 14 nitrogen and oxygen atoms in total. The van der Waals surface area contributed by atoms with Crippen molar-refractivity contribution >= 4 is 57.9 Å². The SMILES string of the molecule is O=C(NCCOCCOCCI)c1ccc(Nc2nc(NCCOCCOCCNC(=O)c3ccccc3)nc(NCCc3ccccc3)n2)cc1. The molecular formula is C37H47IN8O6. The van der Waals surface area contributed by atoms with Gasteiger partial charge in [-0.25, -0.2) is 0 Å². The molecule has 0 aliphatic carbocycles. The lowest BCUT2D eigenvalue weighted by Gasteiger charge is -2.12. The number of ether oxygens (including phenoxy) is 4. The minimum atomic E-state index is -0.186. The van der Waals surface area contributed by atoms with E-state index >= 15 is 0 Å². The van der Waals surface area contributed by atoms with Crippen molar-refractivity contribution in [1.29, 1.82) is 0 Å². The molecule has 0 saturated heterocycles. The Balaban J connectivity index is 1.20. The summed E-state index contributed by atoms with van der Waals surface area (Å²) in [5.74, 6) is 0.819. The number of nitrogens with one attached hydrogen (secondary N) is 5. The molecule has 0 spiro atoms. The second kappa shape index (κ2) is 24.7. The van der Waals surface area contributed by atoms with E-state index in [1.54, 1.807) is 36.4 Å². The first kappa shape index (κ1) is 40.4. The molecule has 4 rings (SSSR count). The van der Waals surface area contributed by atoms with Crippen LogP contribution in [0.25, 0.3) is 0 Å². The lowest BCUT2D eigenvalue weighted by Crippen LogP contribution is -2.27. The van der Waals surface area contributed by atoms with Crippen molar-refractivity contribution in [2.45, 2.75) is 6.42 Å². The topological polar surface area (TPSA) is 170 Å². The number of aromatic nitrogens is 3.